The van der Waals surface area contributed by atoms with Crippen molar-refractivity contribution in [3.8, 4) is 0 Å². The minimum Gasteiger partial charge on any atom is -0.379 e. The fraction of sp³-hybridized carbons (Fsp3) is 0.421. The van der Waals surface area contributed by atoms with Crippen molar-refractivity contribution < 1.29 is 14.1 Å². The Kier molecular flexibility index (Phi) is 4.81. The summed E-state index contributed by atoms with van der Waals surface area (Å²) in [5.41, 5.74) is 2.22. The van der Waals surface area contributed by atoms with E-state index in [2.05, 4.69) is 15.5 Å². The molecule has 8 nitrogen and oxygen atoms in total. The number of ether oxygens (including phenoxy) is 1. The molecule has 1 aliphatic heterocycles. The van der Waals surface area contributed by atoms with Crippen LogP contribution in [0.15, 0.2) is 39.6 Å². The summed E-state index contributed by atoms with van der Waals surface area (Å²) in [4.78, 5) is 27.3. The summed E-state index contributed by atoms with van der Waals surface area (Å²) >= 11 is 0. The monoisotopic (exact) mass is 370 g/mol. The maximum absolute atomic E-state index is 12.4. The number of aromatic nitrogens is 3. The molecule has 2 aromatic heterocycles. The lowest BCUT2D eigenvalue weighted by atomic mass is 9.98. The van der Waals surface area contributed by atoms with Crippen LogP contribution in [-0.4, -0.2) is 39.9 Å². The first-order chi connectivity index (χ1) is 13.1. The van der Waals surface area contributed by atoms with Crippen molar-refractivity contribution in [1.29, 1.82) is 0 Å². The molecule has 2 N–H and O–H groups in total. The summed E-state index contributed by atoms with van der Waals surface area (Å²) in [5, 5.41) is 6.93. The maximum atomic E-state index is 12.4. The Morgan fingerprint density at radius 3 is 3.04 bits per heavy atom. The molecule has 1 amide bonds. The molecule has 2 atom stereocenters. The zero-order valence-electron chi connectivity index (χ0n) is 15.1. The zero-order chi connectivity index (χ0) is 18.8. The molecule has 1 saturated heterocycles. The van der Waals surface area contributed by atoms with Crippen LogP contribution in [-0.2, 0) is 22.5 Å². The molecule has 1 aromatic carbocycles. The number of H-pyrrole nitrogens is 1. The molecule has 8 heteroatoms. The molecule has 0 spiro atoms. The van der Waals surface area contributed by atoms with Crippen LogP contribution in [0.3, 0.4) is 0 Å². The summed E-state index contributed by atoms with van der Waals surface area (Å²) in [6.45, 7) is 3.27. The van der Waals surface area contributed by atoms with Crippen molar-refractivity contribution in [3.05, 3.63) is 52.3 Å². The summed E-state index contributed by atoms with van der Waals surface area (Å²) in [6, 6.07) is 9.29. The normalized spacial score (nSPS) is 19.6. The Labute approximate surface area is 155 Å². The predicted octanol–water partition coefficient (Wildman–Crippen LogP) is 1.39. The fourth-order valence-electron chi connectivity index (χ4n) is 3.55. The number of carbonyl (C=O) groups is 1. The number of hydrogen-bond donors (Lipinski definition) is 2. The van der Waals surface area contributed by atoms with Crippen LogP contribution in [0.2, 0.25) is 0 Å². The van der Waals surface area contributed by atoms with Gasteiger partial charge in [0.1, 0.15) is 5.76 Å². The second kappa shape index (κ2) is 7.40. The number of imidazole rings is 1. The van der Waals surface area contributed by atoms with Gasteiger partial charge >= 0.3 is 5.69 Å². The third-order valence-electron chi connectivity index (χ3n) is 4.93. The minimum absolute atomic E-state index is 0.0670. The van der Waals surface area contributed by atoms with E-state index >= 15 is 0 Å². The van der Waals surface area contributed by atoms with Gasteiger partial charge < -0.3 is 19.6 Å². The first-order valence-corrected chi connectivity index (χ1v) is 9.07. The number of amides is 1. The minimum atomic E-state index is -0.202. The Bertz CT molecular complexity index is 1000. The molecular formula is C19H22N4O4. The van der Waals surface area contributed by atoms with Gasteiger partial charge in [0, 0.05) is 31.4 Å². The van der Waals surface area contributed by atoms with Crippen LogP contribution >= 0.6 is 0 Å². The van der Waals surface area contributed by atoms with Crippen molar-refractivity contribution in [1.82, 2.24) is 20.0 Å². The molecule has 3 heterocycles. The van der Waals surface area contributed by atoms with Gasteiger partial charge in [-0.15, -0.1) is 0 Å². The predicted molar refractivity (Wildman–Crippen MR) is 98.4 cm³/mol. The highest BCUT2D eigenvalue weighted by Crippen LogP contribution is 2.20. The topological polar surface area (TPSA) is 102 Å². The van der Waals surface area contributed by atoms with Crippen LogP contribution in [0.1, 0.15) is 17.9 Å². The molecule has 0 bridgehead atoms. The number of carbonyl (C=O) groups excluding carboxylic acids is 1. The quantitative estimate of drug-likeness (QED) is 0.683. The molecule has 0 radical (unpaired) electrons. The molecular weight excluding hydrogens is 348 g/mol. The lowest BCUT2D eigenvalue weighted by Gasteiger charge is -2.18. The summed E-state index contributed by atoms with van der Waals surface area (Å²) in [7, 11) is 0. The van der Waals surface area contributed by atoms with Crippen molar-refractivity contribution >= 4 is 16.9 Å². The van der Waals surface area contributed by atoms with E-state index in [-0.39, 0.29) is 30.0 Å². The summed E-state index contributed by atoms with van der Waals surface area (Å²) in [6.07, 6.45) is 0.903. The molecule has 1 aliphatic rings. The van der Waals surface area contributed by atoms with Crippen LogP contribution < -0.4 is 11.0 Å². The number of fused-ring (bicyclic) bond motifs is 1. The van der Waals surface area contributed by atoms with Gasteiger partial charge in [-0.05, 0) is 19.1 Å². The van der Waals surface area contributed by atoms with Crippen LogP contribution in [0, 0.1) is 12.8 Å². The van der Waals surface area contributed by atoms with Crippen LogP contribution in [0.5, 0.6) is 0 Å². The van der Waals surface area contributed by atoms with E-state index in [0.29, 0.717) is 26.2 Å². The standard InChI is InChI=1S/C19H22N4O4/c1-12-8-14(27-22-12)9-13-10-26-11-16(13)20-18(24)6-7-23-17-5-3-2-4-15(17)21-19(23)25/h2-5,8,13,16H,6-7,9-11H2,1H3,(H,20,24)(H,21,25)/t13-,16+/m1/s1. The maximum Gasteiger partial charge on any atom is 0.326 e. The number of rotatable bonds is 6. The second-order valence-electron chi connectivity index (χ2n) is 6.96. The highest BCUT2D eigenvalue weighted by Gasteiger charge is 2.30. The van der Waals surface area contributed by atoms with Gasteiger partial charge in [0.05, 0.1) is 36.0 Å². The molecule has 142 valence electrons. The molecule has 4 rings (SSSR count). The average Bonchev–Trinajstić information content (AvgIpc) is 3.33. The summed E-state index contributed by atoms with van der Waals surface area (Å²) in [5.74, 6) is 0.853. The Hall–Kier alpha value is -2.87. The van der Waals surface area contributed by atoms with E-state index in [4.69, 9.17) is 9.26 Å². The van der Waals surface area contributed by atoms with E-state index in [1.54, 1.807) is 4.57 Å². The number of benzene rings is 1. The van der Waals surface area contributed by atoms with E-state index in [0.717, 1.165) is 22.5 Å². The third-order valence-corrected chi connectivity index (χ3v) is 4.93. The Morgan fingerprint density at radius 1 is 1.37 bits per heavy atom. The molecule has 27 heavy (non-hydrogen) atoms. The molecule has 1 fully saturated rings. The third kappa shape index (κ3) is 3.80. The van der Waals surface area contributed by atoms with Crippen molar-refractivity contribution in [2.24, 2.45) is 5.92 Å². The first kappa shape index (κ1) is 17.5. The smallest absolute Gasteiger partial charge is 0.326 e. The average molecular weight is 370 g/mol. The number of nitrogens with zero attached hydrogens (tertiary/aromatic N) is 2. The lowest BCUT2D eigenvalue weighted by Crippen LogP contribution is -2.41. The molecule has 3 aromatic rings. The van der Waals surface area contributed by atoms with Gasteiger partial charge in [0.25, 0.3) is 0 Å². The number of aromatic amines is 1. The molecule has 0 saturated carbocycles. The van der Waals surface area contributed by atoms with Gasteiger partial charge in [-0.3, -0.25) is 9.36 Å². The van der Waals surface area contributed by atoms with E-state index in [1.807, 2.05) is 37.3 Å². The van der Waals surface area contributed by atoms with Crippen molar-refractivity contribution in [2.75, 3.05) is 13.2 Å². The highest BCUT2D eigenvalue weighted by molar-refractivity contribution is 5.77. The van der Waals surface area contributed by atoms with Crippen molar-refractivity contribution in [3.63, 3.8) is 0 Å². The second-order valence-corrected chi connectivity index (χ2v) is 6.96. The summed E-state index contributed by atoms with van der Waals surface area (Å²) < 4.78 is 12.4. The van der Waals surface area contributed by atoms with Gasteiger partial charge in [0.15, 0.2) is 0 Å². The van der Waals surface area contributed by atoms with Gasteiger partial charge in [-0.2, -0.15) is 0 Å². The number of para-hydroxylation sites is 2. The SMILES string of the molecule is Cc1cc(C[C@@H]2COC[C@@H]2NC(=O)CCn2c(=O)[nH]c3ccccc32)on1. The van der Waals surface area contributed by atoms with Gasteiger partial charge in [0.2, 0.25) is 5.91 Å². The van der Waals surface area contributed by atoms with E-state index in [1.165, 1.54) is 0 Å². The Morgan fingerprint density at radius 2 is 2.22 bits per heavy atom. The molecule has 0 unspecified atom stereocenters. The lowest BCUT2D eigenvalue weighted by molar-refractivity contribution is -0.122. The number of aryl methyl sites for hydroxylation is 2. The van der Waals surface area contributed by atoms with Crippen molar-refractivity contribution in [2.45, 2.75) is 32.4 Å². The van der Waals surface area contributed by atoms with Gasteiger partial charge in [-0.1, -0.05) is 17.3 Å². The van der Waals surface area contributed by atoms with Crippen LogP contribution in [0.25, 0.3) is 11.0 Å². The Balaban J connectivity index is 1.36. The first-order valence-electron chi connectivity index (χ1n) is 9.07. The fourth-order valence-corrected chi connectivity index (χ4v) is 3.55. The van der Waals surface area contributed by atoms with Gasteiger partial charge in [-0.25, -0.2) is 4.79 Å². The molecule has 0 aliphatic carbocycles. The highest BCUT2D eigenvalue weighted by atomic mass is 16.5. The number of nitrogens with one attached hydrogen (secondary N) is 2. The van der Waals surface area contributed by atoms with Crippen LogP contribution in [0.4, 0.5) is 0 Å². The number of hydrogen-bond acceptors (Lipinski definition) is 5. The largest absolute Gasteiger partial charge is 0.379 e. The van der Waals surface area contributed by atoms with E-state index < -0.39 is 0 Å². The van der Waals surface area contributed by atoms with E-state index in [9.17, 15) is 9.59 Å². The zero-order valence-corrected chi connectivity index (χ0v) is 15.1.